The van der Waals surface area contributed by atoms with Gasteiger partial charge in [-0.1, -0.05) is 0 Å². The fraction of sp³-hybridized carbons (Fsp3) is 0.467. The van der Waals surface area contributed by atoms with E-state index in [2.05, 4.69) is 29.7 Å². The monoisotopic (exact) mass is 316 g/mol. The summed E-state index contributed by atoms with van der Waals surface area (Å²) in [4.78, 5) is 20.3. The topological polar surface area (TPSA) is 76.4 Å². The van der Waals surface area contributed by atoms with Gasteiger partial charge in [0, 0.05) is 45.6 Å². The van der Waals surface area contributed by atoms with Gasteiger partial charge < -0.3 is 14.2 Å². The second kappa shape index (κ2) is 6.74. The molecule has 0 atom stereocenters. The van der Waals surface area contributed by atoms with Crippen molar-refractivity contribution < 1.29 is 9.53 Å². The maximum atomic E-state index is 11.4. The summed E-state index contributed by atoms with van der Waals surface area (Å²) >= 11 is 0. The zero-order valence-electron chi connectivity index (χ0n) is 13.3. The predicted octanol–water partition coefficient (Wildman–Crippen LogP) is 0.319. The number of rotatable bonds is 4. The highest BCUT2D eigenvalue weighted by Crippen LogP contribution is 2.14. The van der Waals surface area contributed by atoms with Crippen LogP contribution in [0.25, 0.3) is 0 Å². The molecule has 0 spiro atoms. The van der Waals surface area contributed by atoms with Crippen molar-refractivity contribution in [2.75, 3.05) is 38.2 Å². The molecule has 0 aliphatic carbocycles. The van der Waals surface area contributed by atoms with Crippen LogP contribution < -0.4 is 4.90 Å². The second-order valence-corrected chi connectivity index (χ2v) is 5.49. The van der Waals surface area contributed by atoms with E-state index >= 15 is 0 Å². The van der Waals surface area contributed by atoms with Gasteiger partial charge in [0.2, 0.25) is 0 Å². The highest BCUT2D eigenvalue weighted by molar-refractivity contribution is 5.86. The summed E-state index contributed by atoms with van der Waals surface area (Å²) in [5.74, 6) is 1.39. The Bertz CT molecular complexity index is 661. The first-order valence-electron chi connectivity index (χ1n) is 7.53. The van der Waals surface area contributed by atoms with Gasteiger partial charge in [-0.05, 0) is 12.1 Å². The van der Waals surface area contributed by atoms with Crippen LogP contribution in [0.5, 0.6) is 0 Å². The van der Waals surface area contributed by atoms with E-state index in [0.717, 1.165) is 44.4 Å². The molecule has 122 valence electrons. The van der Waals surface area contributed by atoms with Gasteiger partial charge in [-0.3, -0.25) is 4.90 Å². The average molecular weight is 316 g/mol. The Morgan fingerprint density at radius 1 is 1.22 bits per heavy atom. The number of ether oxygens (including phenoxy) is 1. The van der Waals surface area contributed by atoms with E-state index in [1.807, 2.05) is 30.1 Å². The zero-order chi connectivity index (χ0) is 16.2. The molecule has 0 bridgehead atoms. The van der Waals surface area contributed by atoms with Crippen LogP contribution in [0.2, 0.25) is 0 Å². The first-order chi connectivity index (χ1) is 11.2. The second-order valence-electron chi connectivity index (χ2n) is 5.49. The smallest absolute Gasteiger partial charge is 0.358 e. The fourth-order valence-electron chi connectivity index (χ4n) is 2.59. The maximum absolute atomic E-state index is 11.4. The Morgan fingerprint density at radius 3 is 2.57 bits per heavy atom. The molecule has 1 fully saturated rings. The largest absolute Gasteiger partial charge is 0.464 e. The minimum absolute atomic E-state index is 0.227. The molecule has 8 heteroatoms. The quantitative estimate of drug-likeness (QED) is 0.752. The Morgan fingerprint density at radius 2 is 2.00 bits per heavy atom. The molecule has 2 aromatic heterocycles. The average Bonchev–Trinajstić information content (AvgIpc) is 3.00. The van der Waals surface area contributed by atoms with Crippen molar-refractivity contribution in [2.45, 2.75) is 6.54 Å². The molecule has 2 aromatic rings. The van der Waals surface area contributed by atoms with Gasteiger partial charge in [0.1, 0.15) is 5.82 Å². The molecule has 0 unspecified atom stereocenters. The standard InChI is InChI=1S/C15H20N6O2/c1-19-6-5-16-14(19)11-20-7-9-21(10-8-20)13-4-3-12(17-18-13)15(22)23-2/h3-6H,7-11H2,1-2H3. The molecule has 0 aromatic carbocycles. The lowest BCUT2D eigenvalue weighted by Gasteiger charge is -2.34. The lowest BCUT2D eigenvalue weighted by atomic mass is 10.3. The van der Waals surface area contributed by atoms with Crippen LogP contribution in [-0.2, 0) is 18.3 Å². The summed E-state index contributed by atoms with van der Waals surface area (Å²) in [6, 6.07) is 3.46. The molecule has 8 nitrogen and oxygen atoms in total. The summed E-state index contributed by atoms with van der Waals surface area (Å²) in [6.07, 6.45) is 3.79. The van der Waals surface area contributed by atoms with E-state index in [1.165, 1.54) is 7.11 Å². The number of hydrogen-bond donors (Lipinski definition) is 0. The first kappa shape index (κ1) is 15.4. The lowest BCUT2D eigenvalue weighted by molar-refractivity contribution is 0.0592. The van der Waals surface area contributed by atoms with Gasteiger partial charge in [0.15, 0.2) is 11.5 Å². The van der Waals surface area contributed by atoms with Crippen molar-refractivity contribution in [3.8, 4) is 0 Å². The van der Waals surface area contributed by atoms with Gasteiger partial charge in [-0.25, -0.2) is 9.78 Å². The van der Waals surface area contributed by atoms with Crippen molar-refractivity contribution in [3.05, 3.63) is 36.0 Å². The van der Waals surface area contributed by atoms with E-state index in [4.69, 9.17) is 0 Å². The number of aromatic nitrogens is 4. The molecule has 0 saturated carbocycles. The molecule has 3 rings (SSSR count). The predicted molar refractivity (Wildman–Crippen MR) is 84.1 cm³/mol. The molecular formula is C15H20N6O2. The highest BCUT2D eigenvalue weighted by atomic mass is 16.5. The molecule has 0 amide bonds. The number of carbonyl (C=O) groups excluding carboxylic acids is 1. The van der Waals surface area contributed by atoms with Crippen molar-refractivity contribution in [1.82, 2.24) is 24.6 Å². The number of anilines is 1. The van der Waals surface area contributed by atoms with Crippen LogP contribution >= 0.6 is 0 Å². The Balaban J connectivity index is 1.56. The number of hydrogen-bond acceptors (Lipinski definition) is 7. The number of aryl methyl sites for hydroxylation is 1. The Kier molecular flexibility index (Phi) is 4.52. The fourth-order valence-corrected chi connectivity index (χ4v) is 2.59. The number of piperazine rings is 1. The summed E-state index contributed by atoms with van der Waals surface area (Å²) < 4.78 is 6.67. The number of methoxy groups -OCH3 is 1. The third kappa shape index (κ3) is 3.48. The Hall–Kier alpha value is -2.48. The lowest BCUT2D eigenvalue weighted by Crippen LogP contribution is -2.46. The highest BCUT2D eigenvalue weighted by Gasteiger charge is 2.20. The van der Waals surface area contributed by atoms with E-state index in [-0.39, 0.29) is 5.69 Å². The van der Waals surface area contributed by atoms with Crippen LogP contribution in [-0.4, -0.2) is 63.9 Å². The molecule has 1 saturated heterocycles. The first-order valence-corrected chi connectivity index (χ1v) is 7.53. The normalized spacial score (nSPS) is 15.7. The van der Waals surface area contributed by atoms with E-state index in [9.17, 15) is 4.79 Å². The third-order valence-electron chi connectivity index (χ3n) is 4.03. The van der Waals surface area contributed by atoms with Crippen LogP contribution in [0.3, 0.4) is 0 Å². The minimum atomic E-state index is -0.469. The SMILES string of the molecule is COC(=O)c1ccc(N2CCN(Cc3nccn3C)CC2)nn1. The summed E-state index contributed by atoms with van der Waals surface area (Å²) in [5.41, 5.74) is 0.227. The molecule has 23 heavy (non-hydrogen) atoms. The minimum Gasteiger partial charge on any atom is -0.464 e. The summed E-state index contributed by atoms with van der Waals surface area (Å²) in [5, 5.41) is 8.05. The van der Waals surface area contributed by atoms with Crippen molar-refractivity contribution >= 4 is 11.8 Å². The van der Waals surface area contributed by atoms with E-state index in [0.29, 0.717) is 0 Å². The van der Waals surface area contributed by atoms with Crippen molar-refractivity contribution in [1.29, 1.82) is 0 Å². The molecule has 0 radical (unpaired) electrons. The number of esters is 1. The molecule has 3 heterocycles. The third-order valence-corrected chi connectivity index (χ3v) is 4.03. The maximum Gasteiger partial charge on any atom is 0.358 e. The van der Waals surface area contributed by atoms with Gasteiger partial charge in [-0.15, -0.1) is 10.2 Å². The van der Waals surface area contributed by atoms with Crippen LogP contribution in [0.4, 0.5) is 5.82 Å². The summed E-state index contributed by atoms with van der Waals surface area (Å²) in [6.45, 7) is 4.47. The molecule has 0 N–H and O–H groups in total. The molecular weight excluding hydrogens is 296 g/mol. The van der Waals surface area contributed by atoms with Crippen LogP contribution in [0.1, 0.15) is 16.3 Å². The van der Waals surface area contributed by atoms with Gasteiger partial charge in [-0.2, -0.15) is 0 Å². The molecule has 1 aliphatic rings. The Labute approximate surface area is 134 Å². The van der Waals surface area contributed by atoms with Gasteiger partial charge >= 0.3 is 5.97 Å². The van der Waals surface area contributed by atoms with Gasteiger partial charge in [0.25, 0.3) is 0 Å². The summed E-state index contributed by atoms with van der Waals surface area (Å²) in [7, 11) is 3.34. The number of imidazole rings is 1. The van der Waals surface area contributed by atoms with Crippen LogP contribution in [0.15, 0.2) is 24.5 Å². The zero-order valence-corrected chi connectivity index (χ0v) is 13.3. The van der Waals surface area contributed by atoms with Gasteiger partial charge in [0.05, 0.1) is 13.7 Å². The molecule has 1 aliphatic heterocycles. The number of carbonyl (C=O) groups is 1. The number of nitrogens with zero attached hydrogens (tertiary/aromatic N) is 6. The van der Waals surface area contributed by atoms with E-state index in [1.54, 1.807) is 6.07 Å². The van der Waals surface area contributed by atoms with Crippen LogP contribution in [0, 0.1) is 0 Å². The van der Waals surface area contributed by atoms with Crippen molar-refractivity contribution in [2.24, 2.45) is 7.05 Å². The van der Waals surface area contributed by atoms with E-state index < -0.39 is 5.97 Å². The van der Waals surface area contributed by atoms with Crippen molar-refractivity contribution in [3.63, 3.8) is 0 Å².